The van der Waals surface area contributed by atoms with Crippen molar-refractivity contribution in [2.45, 2.75) is 26.2 Å². The van der Waals surface area contributed by atoms with E-state index in [1.165, 1.54) is 17.6 Å². The van der Waals surface area contributed by atoms with Crippen molar-refractivity contribution in [3.8, 4) is 17.6 Å². The number of benzene rings is 1. The maximum absolute atomic E-state index is 9.63. The number of fused-ring (bicyclic) bond motifs is 1. The van der Waals surface area contributed by atoms with Crippen molar-refractivity contribution in [2.75, 3.05) is 7.11 Å². The molecule has 0 spiro atoms. The van der Waals surface area contributed by atoms with Gasteiger partial charge in [-0.2, -0.15) is 5.26 Å². The third kappa shape index (κ3) is 3.08. The van der Waals surface area contributed by atoms with Crippen LogP contribution in [0.2, 0.25) is 0 Å². The van der Waals surface area contributed by atoms with Gasteiger partial charge < -0.3 is 9.84 Å². The van der Waals surface area contributed by atoms with Crippen LogP contribution in [-0.2, 0) is 12.8 Å². The molecule has 0 bridgehead atoms. The van der Waals surface area contributed by atoms with Crippen molar-refractivity contribution in [3.63, 3.8) is 0 Å². The zero-order valence-corrected chi connectivity index (χ0v) is 14.0. The predicted octanol–water partition coefficient (Wildman–Crippen LogP) is 4.21. The summed E-state index contributed by atoms with van der Waals surface area (Å²) in [6, 6.07) is 7.38. The number of phenols is 1. The summed E-state index contributed by atoms with van der Waals surface area (Å²) in [6.45, 7) is 2.25. The topological polar surface area (TPSA) is 65.6 Å². The van der Waals surface area contributed by atoms with Gasteiger partial charge in [-0.05, 0) is 54.5 Å². The molecule has 23 heavy (non-hydrogen) atoms. The van der Waals surface area contributed by atoms with Crippen molar-refractivity contribution in [1.82, 2.24) is 0 Å². The molecule has 1 aliphatic rings. The molecule has 118 valence electrons. The van der Waals surface area contributed by atoms with Gasteiger partial charge in [0.2, 0.25) is 0 Å². The number of aliphatic imine (C=N–C) groups is 1. The van der Waals surface area contributed by atoms with Gasteiger partial charge in [-0.3, -0.25) is 0 Å². The Balaban J connectivity index is 1.93. The van der Waals surface area contributed by atoms with E-state index >= 15 is 0 Å². The number of hydrogen-bond acceptors (Lipinski definition) is 5. The summed E-state index contributed by atoms with van der Waals surface area (Å²) in [6.07, 6.45) is 4.86. The number of nitriles is 1. The van der Waals surface area contributed by atoms with Crippen molar-refractivity contribution in [2.24, 2.45) is 10.9 Å². The smallest absolute Gasteiger partial charge is 0.161 e. The van der Waals surface area contributed by atoms with E-state index in [0.717, 1.165) is 35.4 Å². The lowest BCUT2D eigenvalue weighted by atomic mass is 9.89. The Morgan fingerprint density at radius 1 is 1.48 bits per heavy atom. The molecule has 1 aromatic heterocycles. The molecular formula is C18H18N2O2S. The summed E-state index contributed by atoms with van der Waals surface area (Å²) in [7, 11) is 1.51. The number of hydrogen-bond donors (Lipinski definition) is 1. The first-order valence-electron chi connectivity index (χ1n) is 7.58. The molecule has 3 rings (SSSR count). The molecule has 1 N–H and O–H groups in total. The normalized spacial score (nSPS) is 17.0. The fraction of sp³-hybridized carbons (Fsp3) is 0.333. The Labute approximate surface area is 139 Å². The van der Waals surface area contributed by atoms with Crippen molar-refractivity contribution < 1.29 is 9.84 Å². The molecule has 0 amide bonds. The van der Waals surface area contributed by atoms with Crippen LogP contribution in [0.25, 0.3) is 0 Å². The van der Waals surface area contributed by atoms with Crippen molar-refractivity contribution in [3.05, 3.63) is 39.8 Å². The van der Waals surface area contributed by atoms with Crippen LogP contribution < -0.4 is 4.74 Å². The monoisotopic (exact) mass is 326 g/mol. The summed E-state index contributed by atoms with van der Waals surface area (Å²) in [4.78, 5) is 5.82. The van der Waals surface area contributed by atoms with Crippen LogP contribution in [0.1, 0.15) is 34.9 Å². The highest BCUT2D eigenvalue weighted by Gasteiger charge is 2.23. The number of methoxy groups -OCH3 is 1. The first kappa shape index (κ1) is 15.6. The summed E-state index contributed by atoms with van der Waals surface area (Å²) in [5.74, 6) is 1.18. The Morgan fingerprint density at radius 3 is 3.04 bits per heavy atom. The highest BCUT2D eigenvalue weighted by Crippen LogP contribution is 2.40. The van der Waals surface area contributed by atoms with Gasteiger partial charge in [-0.25, -0.2) is 4.99 Å². The molecule has 0 radical (unpaired) electrons. The largest absolute Gasteiger partial charge is 0.504 e. The molecule has 1 atom stereocenters. The SMILES string of the molecule is COc1cc(/C=N/c2sc3c(c2C#N)CC[C@H](C)C3)ccc1O. The lowest BCUT2D eigenvalue weighted by molar-refractivity contribution is 0.373. The van der Waals surface area contributed by atoms with Crippen LogP contribution in [-0.4, -0.2) is 18.4 Å². The zero-order valence-electron chi connectivity index (χ0n) is 13.2. The molecule has 2 aromatic rings. The van der Waals surface area contributed by atoms with E-state index < -0.39 is 0 Å². The van der Waals surface area contributed by atoms with Crippen LogP contribution in [0.4, 0.5) is 5.00 Å². The third-order valence-corrected chi connectivity index (χ3v) is 5.30. The summed E-state index contributed by atoms with van der Waals surface area (Å²) in [5.41, 5.74) is 2.73. The van der Waals surface area contributed by atoms with Gasteiger partial charge in [-0.1, -0.05) is 6.92 Å². The fourth-order valence-electron chi connectivity index (χ4n) is 2.85. The number of nitrogens with zero attached hydrogens (tertiary/aromatic N) is 2. The first-order chi connectivity index (χ1) is 11.1. The van der Waals surface area contributed by atoms with Crippen molar-refractivity contribution in [1.29, 1.82) is 5.26 Å². The molecule has 5 heteroatoms. The Bertz CT molecular complexity index is 802. The van der Waals surface area contributed by atoms with Gasteiger partial charge in [0.15, 0.2) is 11.5 Å². The van der Waals surface area contributed by atoms with Crippen LogP contribution in [0.15, 0.2) is 23.2 Å². The van der Waals surface area contributed by atoms with E-state index in [1.54, 1.807) is 35.8 Å². The molecule has 0 unspecified atom stereocenters. The lowest BCUT2D eigenvalue weighted by Crippen LogP contribution is -2.09. The minimum absolute atomic E-state index is 0.0999. The summed E-state index contributed by atoms with van der Waals surface area (Å²) < 4.78 is 5.10. The summed E-state index contributed by atoms with van der Waals surface area (Å²) >= 11 is 1.62. The quantitative estimate of drug-likeness (QED) is 0.859. The highest BCUT2D eigenvalue weighted by molar-refractivity contribution is 7.16. The highest BCUT2D eigenvalue weighted by atomic mass is 32.1. The van der Waals surface area contributed by atoms with Crippen LogP contribution >= 0.6 is 11.3 Å². The first-order valence-corrected chi connectivity index (χ1v) is 8.39. The predicted molar refractivity (Wildman–Crippen MR) is 92.1 cm³/mol. The van der Waals surface area contributed by atoms with Crippen molar-refractivity contribution >= 4 is 22.6 Å². The van der Waals surface area contributed by atoms with Gasteiger partial charge in [0.05, 0.1) is 12.7 Å². The molecule has 4 nitrogen and oxygen atoms in total. The van der Waals surface area contributed by atoms with Crippen LogP contribution in [0, 0.1) is 17.2 Å². The maximum Gasteiger partial charge on any atom is 0.161 e. The second-order valence-corrected chi connectivity index (χ2v) is 6.92. The van der Waals surface area contributed by atoms with Crippen LogP contribution in [0.3, 0.4) is 0 Å². The molecule has 1 aromatic carbocycles. The van der Waals surface area contributed by atoms with E-state index in [1.807, 2.05) is 0 Å². The second kappa shape index (κ2) is 6.43. The maximum atomic E-state index is 9.63. The van der Waals surface area contributed by atoms with Gasteiger partial charge >= 0.3 is 0 Å². The van der Waals surface area contributed by atoms with Gasteiger partial charge in [0, 0.05) is 11.1 Å². The minimum Gasteiger partial charge on any atom is -0.504 e. The number of phenolic OH excluding ortho intramolecular Hbond substituents is 1. The number of thiophene rings is 1. The van der Waals surface area contributed by atoms with Gasteiger partial charge in [-0.15, -0.1) is 11.3 Å². The molecule has 0 fully saturated rings. The summed E-state index contributed by atoms with van der Waals surface area (Å²) in [5, 5.41) is 19.9. The molecular weight excluding hydrogens is 308 g/mol. The second-order valence-electron chi connectivity index (χ2n) is 5.83. The van der Waals surface area contributed by atoms with Gasteiger partial charge in [0.25, 0.3) is 0 Å². The third-order valence-electron chi connectivity index (χ3n) is 4.14. The van der Waals surface area contributed by atoms with E-state index in [4.69, 9.17) is 4.74 Å². The number of aromatic hydroxyl groups is 1. The minimum atomic E-state index is 0.0999. The molecule has 1 heterocycles. The lowest BCUT2D eigenvalue weighted by Gasteiger charge is -2.17. The standard InChI is InChI=1S/C18H18N2O2S/c1-11-3-5-13-14(9-19)18(23-17(13)7-11)20-10-12-4-6-15(21)16(8-12)22-2/h4,6,8,10-11,21H,3,5,7H2,1-2H3/b20-10+/t11-/m0/s1. The fourth-order valence-corrected chi connectivity index (χ4v) is 4.16. The zero-order chi connectivity index (χ0) is 16.4. The Kier molecular flexibility index (Phi) is 4.35. The van der Waals surface area contributed by atoms with Crippen LogP contribution in [0.5, 0.6) is 11.5 Å². The number of ether oxygens (including phenoxy) is 1. The average Bonchev–Trinajstić information content (AvgIpc) is 2.90. The molecule has 0 aliphatic heterocycles. The van der Waals surface area contributed by atoms with E-state index in [-0.39, 0.29) is 5.75 Å². The molecule has 1 aliphatic carbocycles. The van der Waals surface area contributed by atoms with Gasteiger partial charge in [0.1, 0.15) is 11.1 Å². The Hall–Kier alpha value is -2.32. The number of rotatable bonds is 3. The van der Waals surface area contributed by atoms with E-state index in [9.17, 15) is 10.4 Å². The van der Waals surface area contributed by atoms with E-state index in [2.05, 4.69) is 18.0 Å². The molecule has 0 saturated carbocycles. The molecule has 0 saturated heterocycles. The Morgan fingerprint density at radius 2 is 2.30 bits per heavy atom. The van der Waals surface area contributed by atoms with E-state index in [0.29, 0.717) is 11.7 Å². The average molecular weight is 326 g/mol.